The van der Waals surface area contributed by atoms with Crippen molar-refractivity contribution in [3.63, 3.8) is 0 Å². The van der Waals surface area contributed by atoms with E-state index in [1.807, 2.05) is 0 Å². The quantitative estimate of drug-likeness (QED) is 0.376. The van der Waals surface area contributed by atoms with Crippen LogP contribution in [0.2, 0.25) is 10.0 Å². The Labute approximate surface area is 194 Å². The molecule has 0 aliphatic rings. The molecule has 5 nitrogen and oxygen atoms in total. The minimum atomic E-state index is -3.80. The van der Waals surface area contributed by atoms with Crippen molar-refractivity contribution >= 4 is 55.5 Å². The fourth-order valence-corrected chi connectivity index (χ4v) is 5.36. The van der Waals surface area contributed by atoms with Gasteiger partial charge in [0.2, 0.25) is 5.91 Å². The monoisotopic (exact) mass is 490 g/mol. The number of hydrogen-bond donors (Lipinski definition) is 1. The minimum Gasteiger partial charge on any atom is -0.337 e. The van der Waals surface area contributed by atoms with Crippen molar-refractivity contribution in [2.24, 2.45) is 0 Å². The van der Waals surface area contributed by atoms with Crippen LogP contribution < -0.4 is 5.32 Å². The molecule has 3 aromatic carbocycles. The second-order valence-electron chi connectivity index (χ2n) is 7.20. The Morgan fingerprint density at radius 2 is 1.78 bits per heavy atom. The molecule has 1 N–H and O–H groups in total. The van der Waals surface area contributed by atoms with Crippen molar-refractivity contribution < 1.29 is 17.6 Å². The highest BCUT2D eigenvalue weighted by molar-refractivity contribution is 7.90. The number of rotatable bonds is 6. The third kappa shape index (κ3) is 4.80. The number of benzene rings is 3. The van der Waals surface area contributed by atoms with Gasteiger partial charge in [-0.05, 0) is 42.0 Å². The molecule has 0 aliphatic heterocycles. The molecule has 32 heavy (non-hydrogen) atoms. The summed E-state index contributed by atoms with van der Waals surface area (Å²) in [6.07, 6.45) is 1.43. The smallest absolute Gasteiger partial charge is 0.244 e. The fourth-order valence-electron chi connectivity index (χ4n) is 3.45. The van der Waals surface area contributed by atoms with E-state index in [0.29, 0.717) is 32.2 Å². The van der Waals surface area contributed by atoms with Crippen LogP contribution in [0.3, 0.4) is 0 Å². The summed E-state index contributed by atoms with van der Waals surface area (Å²) in [6.45, 7) is -0.140. The second kappa shape index (κ2) is 8.94. The molecule has 0 radical (unpaired) electrons. The lowest BCUT2D eigenvalue weighted by Gasteiger charge is -2.09. The summed E-state index contributed by atoms with van der Waals surface area (Å²) in [5.41, 5.74) is 1.28. The second-order valence-corrected chi connectivity index (χ2v) is 10.0. The van der Waals surface area contributed by atoms with E-state index in [4.69, 9.17) is 23.2 Å². The lowest BCUT2D eigenvalue weighted by Crippen LogP contribution is -2.18. The van der Waals surface area contributed by atoms with Crippen molar-refractivity contribution in [1.82, 2.24) is 4.57 Å². The van der Waals surface area contributed by atoms with Crippen LogP contribution in [-0.4, -0.2) is 18.9 Å². The summed E-state index contributed by atoms with van der Waals surface area (Å²) in [5, 5.41) is 3.93. The maximum absolute atomic E-state index is 13.5. The van der Waals surface area contributed by atoms with Gasteiger partial charge in [0.1, 0.15) is 12.4 Å². The van der Waals surface area contributed by atoms with Crippen molar-refractivity contribution in [3.8, 4) is 0 Å². The van der Waals surface area contributed by atoms with E-state index in [-0.39, 0.29) is 17.2 Å². The molecule has 0 aliphatic carbocycles. The third-order valence-electron chi connectivity index (χ3n) is 4.85. The highest BCUT2D eigenvalue weighted by Gasteiger charge is 2.22. The molecular formula is C23H17Cl2FN2O3S. The van der Waals surface area contributed by atoms with Gasteiger partial charge in [0, 0.05) is 22.1 Å². The molecule has 0 saturated heterocycles. The fraction of sp³-hybridized carbons (Fsp3) is 0.0870. The molecular weight excluding hydrogens is 474 g/mol. The first kappa shape index (κ1) is 22.3. The number of halogens is 3. The van der Waals surface area contributed by atoms with E-state index >= 15 is 0 Å². The number of para-hydroxylation sites is 1. The van der Waals surface area contributed by atoms with Gasteiger partial charge in [-0.25, -0.2) is 12.8 Å². The standard InChI is InChI=1S/C23H17Cl2FN2O3S/c24-16-8-9-19(25)20(11-16)27-23(29)13-28-12-22(18-6-1-2-7-21(18)28)32(30,31)14-15-4-3-5-17(26)10-15/h1-12H,13-14H2,(H,27,29). The van der Waals surface area contributed by atoms with E-state index < -0.39 is 21.6 Å². The summed E-state index contributed by atoms with van der Waals surface area (Å²) in [4.78, 5) is 12.7. The molecule has 4 aromatic rings. The topological polar surface area (TPSA) is 68.2 Å². The molecule has 0 saturated carbocycles. The number of nitrogens with zero attached hydrogens (tertiary/aromatic N) is 1. The van der Waals surface area contributed by atoms with E-state index in [0.717, 1.165) is 0 Å². The Morgan fingerprint density at radius 1 is 1.00 bits per heavy atom. The molecule has 0 spiro atoms. The first-order chi connectivity index (χ1) is 15.2. The summed E-state index contributed by atoms with van der Waals surface area (Å²) in [6, 6.07) is 17.1. The van der Waals surface area contributed by atoms with E-state index in [1.165, 1.54) is 30.5 Å². The van der Waals surface area contributed by atoms with Crippen LogP contribution in [0, 0.1) is 5.82 Å². The Kier molecular flexibility index (Phi) is 6.24. The molecule has 0 atom stereocenters. The van der Waals surface area contributed by atoms with Gasteiger partial charge < -0.3 is 9.88 Å². The molecule has 1 heterocycles. The highest BCUT2D eigenvalue weighted by Crippen LogP contribution is 2.29. The lowest BCUT2D eigenvalue weighted by molar-refractivity contribution is -0.116. The number of fused-ring (bicyclic) bond motifs is 1. The zero-order chi connectivity index (χ0) is 22.9. The number of carbonyl (C=O) groups is 1. The van der Waals surface area contributed by atoms with Crippen LogP contribution in [-0.2, 0) is 26.9 Å². The van der Waals surface area contributed by atoms with Crippen LogP contribution in [0.1, 0.15) is 5.56 Å². The Balaban J connectivity index is 1.65. The number of nitrogens with one attached hydrogen (secondary N) is 1. The molecule has 9 heteroatoms. The number of sulfone groups is 1. The normalized spacial score (nSPS) is 11.6. The number of amides is 1. The molecule has 0 unspecified atom stereocenters. The predicted octanol–water partition coefficient (Wildman–Crippen LogP) is 5.70. The van der Waals surface area contributed by atoms with E-state index in [2.05, 4.69) is 5.32 Å². The molecule has 164 valence electrons. The van der Waals surface area contributed by atoms with E-state index in [9.17, 15) is 17.6 Å². The Morgan fingerprint density at radius 3 is 2.56 bits per heavy atom. The average molecular weight is 491 g/mol. The number of aromatic nitrogens is 1. The molecule has 1 amide bonds. The molecule has 0 bridgehead atoms. The molecule has 1 aromatic heterocycles. The van der Waals surface area contributed by atoms with Crippen LogP contribution in [0.4, 0.5) is 10.1 Å². The van der Waals surface area contributed by atoms with Gasteiger partial charge in [0.25, 0.3) is 0 Å². The zero-order valence-electron chi connectivity index (χ0n) is 16.6. The van der Waals surface area contributed by atoms with Gasteiger partial charge in [0.05, 0.1) is 21.4 Å². The Hall–Kier alpha value is -2.87. The van der Waals surface area contributed by atoms with Crippen LogP contribution in [0.25, 0.3) is 10.9 Å². The molecule has 4 rings (SSSR count). The Bertz CT molecular complexity index is 1430. The minimum absolute atomic E-state index is 0.0750. The van der Waals surface area contributed by atoms with Crippen molar-refractivity contribution in [2.45, 2.75) is 17.2 Å². The van der Waals surface area contributed by atoms with Gasteiger partial charge in [-0.2, -0.15) is 0 Å². The first-order valence-corrected chi connectivity index (χ1v) is 11.9. The maximum Gasteiger partial charge on any atom is 0.244 e. The van der Waals surface area contributed by atoms with Crippen molar-refractivity contribution in [1.29, 1.82) is 0 Å². The highest BCUT2D eigenvalue weighted by atomic mass is 35.5. The van der Waals surface area contributed by atoms with Crippen LogP contribution >= 0.6 is 23.2 Å². The largest absolute Gasteiger partial charge is 0.337 e. The summed E-state index contributed by atoms with van der Waals surface area (Å²) < 4.78 is 41.3. The molecule has 0 fully saturated rings. The van der Waals surface area contributed by atoms with Gasteiger partial charge in [-0.1, -0.05) is 53.5 Å². The predicted molar refractivity (Wildman–Crippen MR) is 124 cm³/mol. The lowest BCUT2D eigenvalue weighted by atomic mass is 10.2. The van der Waals surface area contributed by atoms with Crippen molar-refractivity contribution in [2.75, 3.05) is 5.32 Å². The SMILES string of the molecule is O=C(Cn1cc(S(=O)(=O)Cc2cccc(F)c2)c2ccccc21)Nc1cc(Cl)ccc1Cl. The first-order valence-electron chi connectivity index (χ1n) is 9.53. The maximum atomic E-state index is 13.5. The zero-order valence-corrected chi connectivity index (χ0v) is 18.9. The third-order valence-corrected chi connectivity index (χ3v) is 7.12. The van der Waals surface area contributed by atoms with Crippen LogP contribution in [0.15, 0.2) is 77.8 Å². The average Bonchev–Trinajstić information content (AvgIpc) is 3.10. The van der Waals surface area contributed by atoms with E-state index in [1.54, 1.807) is 47.0 Å². The van der Waals surface area contributed by atoms with Crippen molar-refractivity contribution in [3.05, 3.63) is 94.4 Å². The van der Waals surface area contributed by atoms with Gasteiger partial charge in [-0.15, -0.1) is 0 Å². The summed E-state index contributed by atoms with van der Waals surface area (Å²) in [5.74, 6) is -1.26. The number of hydrogen-bond acceptors (Lipinski definition) is 3. The number of anilines is 1. The van der Waals surface area contributed by atoms with Gasteiger partial charge in [-0.3, -0.25) is 4.79 Å². The van der Waals surface area contributed by atoms with Gasteiger partial charge >= 0.3 is 0 Å². The summed E-state index contributed by atoms with van der Waals surface area (Å²) in [7, 11) is -3.80. The summed E-state index contributed by atoms with van der Waals surface area (Å²) >= 11 is 12.1. The van der Waals surface area contributed by atoms with Crippen LogP contribution in [0.5, 0.6) is 0 Å². The number of carbonyl (C=O) groups excluding carboxylic acids is 1. The van der Waals surface area contributed by atoms with Gasteiger partial charge in [0.15, 0.2) is 9.84 Å².